The van der Waals surface area contributed by atoms with Crippen LogP contribution in [-0.4, -0.2) is 32.6 Å². The highest BCUT2D eigenvalue weighted by Gasteiger charge is 2.08. The van der Waals surface area contributed by atoms with Crippen molar-refractivity contribution in [1.82, 2.24) is 25.5 Å². The predicted octanol–water partition coefficient (Wildman–Crippen LogP) is 2.48. The highest BCUT2D eigenvalue weighted by Crippen LogP contribution is 2.18. The van der Waals surface area contributed by atoms with Crippen LogP contribution < -0.4 is 10.6 Å². The van der Waals surface area contributed by atoms with E-state index in [-0.39, 0.29) is 5.91 Å². The standard InChI is InChI=1S/C18H22N6O/c1-12-15(13(2)24-23-12)10-20-17(25)8-5-9-19-18-14-6-3-4-7-16(14)21-11-22-18/h3-4,6-7,11H,5,8-10H2,1-2H3,(H,20,25)(H,23,24)(H,19,21,22). The molecule has 2 heterocycles. The number of carbonyl (C=O) groups is 1. The third-order valence-corrected chi connectivity index (χ3v) is 4.16. The predicted molar refractivity (Wildman–Crippen MR) is 97.2 cm³/mol. The van der Waals surface area contributed by atoms with Crippen molar-refractivity contribution in [2.24, 2.45) is 0 Å². The van der Waals surface area contributed by atoms with Gasteiger partial charge in [-0.3, -0.25) is 9.89 Å². The van der Waals surface area contributed by atoms with Gasteiger partial charge in [-0.15, -0.1) is 0 Å². The number of hydrogen-bond donors (Lipinski definition) is 3. The first-order valence-electron chi connectivity index (χ1n) is 8.36. The first-order valence-corrected chi connectivity index (χ1v) is 8.36. The number of para-hydroxylation sites is 1. The largest absolute Gasteiger partial charge is 0.369 e. The molecule has 7 heteroatoms. The number of anilines is 1. The molecule has 0 aliphatic carbocycles. The van der Waals surface area contributed by atoms with Crippen molar-refractivity contribution >= 4 is 22.6 Å². The maximum absolute atomic E-state index is 12.0. The SMILES string of the molecule is Cc1n[nH]c(C)c1CNC(=O)CCCNc1ncnc2ccccc12. The molecular formula is C18H22N6O. The molecule has 0 aliphatic rings. The van der Waals surface area contributed by atoms with Crippen molar-refractivity contribution in [3.05, 3.63) is 47.5 Å². The van der Waals surface area contributed by atoms with Gasteiger partial charge in [-0.05, 0) is 32.4 Å². The van der Waals surface area contributed by atoms with E-state index in [2.05, 4.69) is 30.8 Å². The van der Waals surface area contributed by atoms with E-state index < -0.39 is 0 Å². The molecular weight excluding hydrogens is 316 g/mol. The molecule has 7 nitrogen and oxygen atoms in total. The van der Waals surface area contributed by atoms with Gasteiger partial charge in [-0.2, -0.15) is 5.10 Å². The second-order valence-corrected chi connectivity index (χ2v) is 5.96. The summed E-state index contributed by atoms with van der Waals surface area (Å²) in [6.45, 7) is 5.08. The van der Waals surface area contributed by atoms with Crippen LogP contribution in [0.4, 0.5) is 5.82 Å². The summed E-state index contributed by atoms with van der Waals surface area (Å²) < 4.78 is 0. The van der Waals surface area contributed by atoms with E-state index in [9.17, 15) is 4.79 Å². The van der Waals surface area contributed by atoms with Crippen molar-refractivity contribution < 1.29 is 4.79 Å². The molecule has 0 aliphatic heterocycles. The number of hydrogen-bond acceptors (Lipinski definition) is 5. The van der Waals surface area contributed by atoms with Crippen LogP contribution in [0.15, 0.2) is 30.6 Å². The van der Waals surface area contributed by atoms with Crippen molar-refractivity contribution in [3.63, 3.8) is 0 Å². The molecule has 0 saturated carbocycles. The fraction of sp³-hybridized carbons (Fsp3) is 0.333. The summed E-state index contributed by atoms with van der Waals surface area (Å²) in [6, 6.07) is 7.85. The minimum Gasteiger partial charge on any atom is -0.369 e. The Bertz CT molecular complexity index is 848. The van der Waals surface area contributed by atoms with Gasteiger partial charge in [-0.25, -0.2) is 9.97 Å². The number of amides is 1. The maximum Gasteiger partial charge on any atom is 0.220 e. The van der Waals surface area contributed by atoms with E-state index in [1.807, 2.05) is 38.1 Å². The highest BCUT2D eigenvalue weighted by molar-refractivity contribution is 5.88. The van der Waals surface area contributed by atoms with Crippen molar-refractivity contribution in [2.75, 3.05) is 11.9 Å². The minimum atomic E-state index is 0.0364. The van der Waals surface area contributed by atoms with E-state index in [0.29, 0.717) is 19.5 Å². The van der Waals surface area contributed by atoms with Crippen LogP contribution in [0.1, 0.15) is 29.8 Å². The van der Waals surface area contributed by atoms with E-state index in [4.69, 9.17) is 0 Å². The number of nitrogens with one attached hydrogen (secondary N) is 3. The Balaban J connectivity index is 1.44. The molecule has 0 fully saturated rings. The van der Waals surface area contributed by atoms with Crippen LogP contribution >= 0.6 is 0 Å². The number of carbonyl (C=O) groups excluding carboxylic acids is 1. The minimum absolute atomic E-state index is 0.0364. The van der Waals surface area contributed by atoms with Gasteiger partial charge in [0, 0.05) is 36.2 Å². The van der Waals surface area contributed by atoms with Gasteiger partial charge in [0.15, 0.2) is 0 Å². The number of aromatic amines is 1. The Kier molecular flexibility index (Phi) is 5.23. The zero-order chi connectivity index (χ0) is 17.6. The summed E-state index contributed by atoms with van der Waals surface area (Å²) in [5.74, 6) is 0.838. The Morgan fingerprint density at radius 2 is 2.04 bits per heavy atom. The van der Waals surface area contributed by atoms with Crippen molar-refractivity contribution in [2.45, 2.75) is 33.2 Å². The Hall–Kier alpha value is -2.96. The van der Waals surface area contributed by atoms with Gasteiger partial charge in [0.1, 0.15) is 12.1 Å². The quantitative estimate of drug-likeness (QED) is 0.575. The van der Waals surface area contributed by atoms with E-state index in [1.165, 1.54) is 0 Å². The molecule has 1 amide bonds. The molecule has 3 rings (SSSR count). The molecule has 0 unspecified atom stereocenters. The zero-order valence-corrected chi connectivity index (χ0v) is 14.5. The lowest BCUT2D eigenvalue weighted by atomic mass is 10.2. The van der Waals surface area contributed by atoms with Gasteiger partial charge in [0.25, 0.3) is 0 Å². The van der Waals surface area contributed by atoms with E-state index in [0.717, 1.165) is 40.1 Å². The summed E-state index contributed by atoms with van der Waals surface area (Å²) in [7, 11) is 0. The molecule has 0 radical (unpaired) electrons. The number of H-pyrrole nitrogens is 1. The average Bonchev–Trinajstić information content (AvgIpc) is 2.95. The number of nitrogens with zero attached hydrogens (tertiary/aromatic N) is 3. The maximum atomic E-state index is 12.0. The van der Waals surface area contributed by atoms with Crippen LogP contribution in [0.3, 0.4) is 0 Å². The first kappa shape index (κ1) is 16.9. The third-order valence-electron chi connectivity index (χ3n) is 4.16. The summed E-state index contributed by atoms with van der Waals surface area (Å²) >= 11 is 0. The molecule has 3 N–H and O–H groups in total. The molecule has 0 bridgehead atoms. The second-order valence-electron chi connectivity index (χ2n) is 5.96. The molecule has 25 heavy (non-hydrogen) atoms. The lowest BCUT2D eigenvalue weighted by molar-refractivity contribution is -0.121. The lowest BCUT2D eigenvalue weighted by Crippen LogP contribution is -2.23. The average molecular weight is 338 g/mol. The van der Waals surface area contributed by atoms with Crippen LogP contribution in [0.2, 0.25) is 0 Å². The van der Waals surface area contributed by atoms with Crippen molar-refractivity contribution in [1.29, 1.82) is 0 Å². The van der Waals surface area contributed by atoms with Crippen LogP contribution in [0.25, 0.3) is 10.9 Å². The third kappa shape index (κ3) is 4.12. The number of aromatic nitrogens is 4. The van der Waals surface area contributed by atoms with Gasteiger partial charge >= 0.3 is 0 Å². The highest BCUT2D eigenvalue weighted by atomic mass is 16.1. The molecule has 3 aromatic rings. The molecule has 2 aromatic heterocycles. The number of benzene rings is 1. The molecule has 1 aromatic carbocycles. The topological polar surface area (TPSA) is 95.6 Å². The normalized spacial score (nSPS) is 10.8. The fourth-order valence-electron chi connectivity index (χ4n) is 2.71. The summed E-state index contributed by atoms with van der Waals surface area (Å²) in [5, 5.41) is 14.3. The van der Waals surface area contributed by atoms with Gasteiger partial charge in [-0.1, -0.05) is 12.1 Å². The molecule has 130 valence electrons. The molecule has 0 spiro atoms. The Labute approximate surface area is 146 Å². The van der Waals surface area contributed by atoms with Crippen molar-refractivity contribution in [3.8, 4) is 0 Å². The molecule has 0 atom stereocenters. The summed E-state index contributed by atoms with van der Waals surface area (Å²) in [4.78, 5) is 20.5. The Morgan fingerprint density at radius 1 is 1.20 bits per heavy atom. The van der Waals surface area contributed by atoms with Gasteiger partial charge in [0.2, 0.25) is 5.91 Å². The van der Waals surface area contributed by atoms with Gasteiger partial charge in [0.05, 0.1) is 11.2 Å². The fourth-order valence-corrected chi connectivity index (χ4v) is 2.71. The van der Waals surface area contributed by atoms with E-state index in [1.54, 1.807) is 6.33 Å². The number of fused-ring (bicyclic) bond motifs is 1. The summed E-state index contributed by atoms with van der Waals surface area (Å²) in [6.07, 6.45) is 2.74. The zero-order valence-electron chi connectivity index (χ0n) is 14.5. The second kappa shape index (κ2) is 7.74. The number of aryl methyl sites for hydroxylation is 2. The smallest absolute Gasteiger partial charge is 0.220 e. The Morgan fingerprint density at radius 3 is 2.84 bits per heavy atom. The van der Waals surface area contributed by atoms with Crippen LogP contribution in [0, 0.1) is 13.8 Å². The van der Waals surface area contributed by atoms with E-state index >= 15 is 0 Å². The number of rotatable bonds is 7. The van der Waals surface area contributed by atoms with Crippen LogP contribution in [-0.2, 0) is 11.3 Å². The monoisotopic (exact) mass is 338 g/mol. The summed E-state index contributed by atoms with van der Waals surface area (Å²) in [5.41, 5.74) is 3.88. The first-order chi connectivity index (χ1) is 12.1. The van der Waals surface area contributed by atoms with Gasteiger partial charge < -0.3 is 10.6 Å². The van der Waals surface area contributed by atoms with Crippen LogP contribution in [0.5, 0.6) is 0 Å². The molecule has 0 saturated heterocycles. The lowest BCUT2D eigenvalue weighted by Gasteiger charge is -2.08.